The van der Waals surface area contributed by atoms with Gasteiger partial charge >= 0.3 is 0 Å². The summed E-state index contributed by atoms with van der Waals surface area (Å²) < 4.78 is 2.06. The van der Waals surface area contributed by atoms with Crippen LogP contribution in [0.4, 0.5) is 0 Å². The van der Waals surface area contributed by atoms with E-state index in [0.29, 0.717) is 0 Å². The highest BCUT2D eigenvalue weighted by Gasteiger charge is 2.04. The van der Waals surface area contributed by atoms with Crippen molar-refractivity contribution < 1.29 is 0 Å². The quantitative estimate of drug-likeness (QED) is 0.706. The minimum atomic E-state index is 0.860. The Balaban J connectivity index is 2.62. The summed E-state index contributed by atoms with van der Waals surface area (Å²) in [6, 6.07) is 6.42. The summed E-state index contributed by atoms with van der Waals surface area (Å²) in [6.45, 7) is 2.18. The van der Waals surface area contributed by atoms with Crippen molar-refractivity contribution in [2.45, 2.75) is 19.8 Å². The third-order valence-corrected chi connectivity index (χ3v) is 2.81. The van der Waals surface area contributed by atoms with Gasteiger partial charge in [0.2, 0.25) is 0 Å². The zero-order valence-electron chi connectivity index (χ0n) is 8.55. The fraction of sp³-hybridized carbons (Fsp3) is 0.333. The van der Waals surface area contributed by atoms with Gasteiger partial charge in [0.05, 0.1) is 10.5 Å². The molecule has 0 bridgehead atoms. The highest BCUT2D eigenvalue weighted by molar-refractivity contribution is 6.35. The van der Waals surface area contributed by atoms with E-state index in [2.05, 4.69) is 29.7 Å². The molecule has 0 spiro atoms. The molecule has 1 nitrogen and oxygen atoms in total. The highest BCUT2D eigenvalue weighted by Crippen LogP contribution is 2.26. The summed E-state index contributed by atoms with van der Waals surface area (Å²) in [5.41, 5.74) is 2.46. The van der Waals surface area contributed by atoms with Gasteiger partial charge in [-0.15, -0.1) is 0 Å². The molecule has 0 atom stereocenters. The SMILES string of the molecule is CCCc1cc(Cl)c2c(ccn2C)c1. The number of nitrogens with zero attached hydrogens (tertiary/aromatic N) is 1. The summed E-state index contributed by atoms with van der Waals surface area (Å²) in [5, 5.41) is 2.10. The Morgan fingerprint density at radius 1 is 1.36 bits per heavy atom. The zero-order chi connectivity index (χ0) is 10.1. The van der Waals surface area contributed by atoms with E-state index in [1.807, 2.05) is 13.2 Å². The molecule has 0 N–H and O–H groups in total. The van der Waals surface area contributed by atoms with Gasteiger partial charge in [-0.1, -0.05) is 24.9 Å². The number of aromatic nitrogens is 1. The number of fused-ring (bicyclic) bond motifs is 1. The molecule has 0 saturated carbocycles. The Kier molecular flexibility index (Phi) is 2.51. The van der Waals surface area contributed by atoms with Crippen molar-refractivity contribution in [1.82, 2.24) is 4.57 Å². The first kappa shape index (κ1) is 9.60. The molecule has 1 heterocycles. The maximum Gasteiger partial charge on any atom is 0.0667 e. The number of benzene rings is 1. The predicted octanol–water partition coefficient (Wildman–Crippen LogP) is 3.78. The second-order valence-electron chi connectivity index (χ2n) is 3.69. The van der Waals surface area contributed by atoms with Crippen LogP contribution < -0.4 is 0 Å². The number of halogens is 1. The molecule has 0 unspecified atom stereocenters. The predicted molar refractivity (Wildman–Crippen MR) is 61.9 cm³/mol. The van der Waals surface area contributed by atoms with Gasteiger partial charge in [0.25, 0.3) is 0 Å². The molecule has 2 rings (SSSR count). The molecule has 0 aliphatic rings. The normalized spacial score (nSPS) is 11.1. The first-order valence-electron chi connectivity index (χ1n) is 4.96. The van der Waals surface area contributed by atoms with Crippen LogP contribution in [-0.4, -0.2) is 4.57 Å². The van der Waals surface area contributed by atoms with Crippen LogP contribution in [0.1, 0.15) is 18.9 Å². The molecule has 0 aliphatic carbocycles. The van der Waals surface area contributed by atoms with E-state index >= 15 is 0 Å². The van der Waals surface area contributed by atoms with Gasteiger partial charge in [0.1, 0.15) is 0 Å². The van der Waals surface area contributed by atoms with Gasteiger partial charge in [-0.3, -0.25) is 0 Å². The van der Waals surface area contributed by atoms with Crippen molar-refractivity contribution in [3.63, 3.8) is 0 Å². The maximum atomic E-state index is 6.22. The smallest absolute Gasteiger partial charge is 0.0667 e. The van der Waals surface area contributed by atoms with Crippen LogP contribution in [0.25, 0.3) is 10.9 Å². The van der Waals surface area contributed by atoms with E-state index in [1.165, 1.54) is 10.9 Å². The molecule has 14 heavy (non-hydrogen) atoms. The Morgan fingerprint density at radius 3 is 2.86 bits per heavy atom. The fourth-order valence-corrected chi connectivity index (χ4v) is 2.26. The van der Waals surface area contributed by atoms with E-state index in [4.69, 9.17) is 11.6 Å². The average molecular weight is 208 g/mol. The van der Waals surface area contributed by atoms with Crippen LogP contribution in [0, 0.1) is 0 Å². The van der Waals surface area contributed by atoms with E-state index in [1.54, 1.807) is 0 Å². The van der Waals surface area contributed by atoms with Crippen molar-refractivity contribution in [3.8, 4) is 0 Å². The van der Waals surface area contributed by atoms with Gasteiger partial charge in [0, 0.05) is 18.6 Å². The van der Waals surface area contributed by atoms with Crippen molar-refractivity contribution in [1.29, 1.82) is 0 Å². The third kappa shape index (κ3) is 1.53. The molecule has 2 aromatic rings. The topological polar surface area (TPSA) is 4.93 Å². The fourth-order valence-electron chi connectivity index (χ4n) is 1.88. The third-order valence-electron chi connectivity index (χ3n) is 2.52. The summed E-state index contributed by atoms with van der Waals surface area (Å²) >= 11 is 6.22. The lowest BCUT2D eigenvalue weighted by Gasteiger charge is -2.03. The number of aryl methyl sites for hydroxylation is 2. The largest absolute Gasteiger partial charge is 0.349 e. The van der Waals surface area contributed by atoms with Crippen molar-refractivity contribution >= 4 is 22.5 Å². The van der Waals surface area contributed by atoms with Gasteiger partial charge in [-0.05, 0) is 30.2 Å². The Morgan fingerprint density at radius 2 is 2.14 bits per heavy atom. The van der Waals surface area contributed by atoms with Crippen molar-refractivity contribution in [2.24, 2.45) is 7.05 Å². The van der Waals surface area contributed by atoms with Crippen LogP contribution in [0.15, 0.2) is 24.4 Å². The molecular weight excluding hydrogens is 194 g/mol. The summed E-state index contributed by atoms with van der Waals surface area (Å²) in [5.74, 6) is 0. The zero-order valence-corrected chi connectivity index (χ0v) is 9.30. The van der Waals surface area contributed by atoms with E-state index < -0.39 is 0 Å². The van der Waals surface area contributed by atoms with Crippen molar-refractivity contribution in [3.05, 3.63) is 35.0 Å². The van der Waals surface area contributed by atoms with Gasteiger partial charge in [0.15, 0.2) is 0 Å². The highest BCUT2D eigenvalue weighted by atomic mass is 35.5. The lowest BCUT2D eigenvalue weighted by molar-refractivity contribution is 0.922. The Hall–Kier alpha value is -0.950. The lowest BCUT2D eigenvalue weighted by Crippen LogP contribution is -1.88. The molecule has 74 valence electrons. The van der Waals surface area contributed by atoms with E-state index in [9.17, 15) is 0 Å². The number of hydrogen-bond donors (Lipinski definition) is 0. The molecule has 0 aliphatic heterocycles. The lowest BCUT2D eigenvalue weighted by atomic mass is 10.1. The molecule has 0 fully saturated rings. The number of hydrogen-bond acceptors (Lipinski definition) is 0. The van der Waals surface area contributed by atoms with Crippen LogP contribution in [0.3, 0.4) is 0 Å². The van der Waals surface area contributed by atoms with E-state index in [-0.39, 0.29) is 0 Å². The second-order valence-corrected chi connectivity index (χ2v) is 4.10. The second kappa shape index (κ2) is 3.66. The van der Waals surface area contributed by atoms with Crippen molar-refractivity contribution in [2.75, 3.05) is 0 Å². The first-order chi connectivity index (χ1) is 6.72. The summed E-state index contributed by atoms with van der Waals surface area (Å²) in [7, 11) is 2.02. The molecule has 2 heteroatoms. The average Bonchev–Trinajstić information content (AvgIpc) is 2.48. The van der Waals surface area contributed by atoms with Crippen LogP contribution in [0.5, 0.6) is 0 Å². The monoisotopic (exact) mass is 207 g/mol. The summed E-state index contributed by atoms with van der Waals surface area (Å²) in [4.78, 5) is 0. The molecule has 1 aromatic carbocycles. The first-order valence-corrected chi connectivity index (χ1v) is 5.33. The van der Waals surface area contributed by atoms with Crippen LogP contribution >= 0.6 is 11.6 Å². The molecule has 0 amide bonds. The Labute approximate surface area is 89.3 Å². The van der Waals surface area contributed by atoms with Crippen LogP contribution in [0.2, 0.25) is 5.02 Å². The summed E-state index contributed by atoms with van der Waals surface area (Å²) in [6.07, 6.45) is 4.31. The van der Waals surface area contributed by atoms with E-state index in [0.717, 1.165) is 23.4 Å². The standard InChI is InChI=1S/C12H14ClN/c1-3-4-9-7-10-5-6-14(2)12(10)11(13)8-9/h5-8H,3-4H2,1-2H3. The van der Waals surface area contributed by atoms with Gasteiger partial charge in [-0.2, -0.15) is 0 Å². The minimum absolute atomic E-state index is 0.860. The molecular formula is C12H14ClN. The number of rotatable bonds is 2. The molecule has 0 saturated heterocycles. The molecule has 0 radical (unpaired) electrons. The maximum absolute atomic E-state index is 6.22. The minimum Gasteiger partial charge on any atom is -0.349 e. The van der Waals surface area contributed by atoms with Gasteiger partial charge in [-0.25, -0.2) is 0 Å². The van der Waals surface area contributed by atoms with Crippen LogP contribution in [-0.2, 0) is 13.5 Å². The Bertz CT molecular complexity index is 457. The van der Waals surface area contributed by atoms with Gasteiger partial charge < -0.3 is 4.57 Å². The molecule has 1 aromatic heterocycles.